The fourth-order valence-electron chi connectivity index (χ4n) is 3.74. The summed E-state index contributed by atoms with van der Waals surface area (Å²) in [6.45, 7) is 5.60. The molecule has 0 radical (unpaired) electrons. The van der Waals surface area contributed by atoms with Crippen molar-refractivity contribution < 1.29 is 24.2 Å². The van der Waals surface area contributed by atoms with Crippen molar-refractivity contribution in [2.45, 2.75) is 19.3 Å². The number of benzene rings is 1. The Balaban J connectivity index is 0.000000371. The highest BCUT2D eigenvalue weighted by atomic mass is 19.1. The largest absolute Gasteiger partial charge is 0.478 e. The number of aromatic nitrogens is 2. The number of anilines is 2. The average molecular weight is 485 g/mol. The minimum absolute atomic E-state index is 0.394. The van der Waals surface area contributed by atoms with Gasteiger partial charge in [0, 0.05) is 63.5 Å². The number of fused-ring (bicyclic) bond motifs is 1. The SMILES string of the molecule is Fc1cnc(N2CCN(CCCN=C3CCc4ccccc4N3)CC2)nc1.O=C(O)C=CC(=O)O. The summed E-state index contributed by atoms with van der Waals surface area (Å²) in [5.41, 5.74) is 2.57. The molecule has 2 aliphatic rings. The lowest BCUT2D eigenvalue weighted by molar-refractivity contribution is -0.134. The van der Waals surface area contributed by atoms with Crippen molar-refractivity contribution in [3.05, 3.63) is 60.2 Å². The van der Waals surface area contributed by atoms with Crippen LogP contribution in [0.2, 0.25) is 0 Å². The molecule has 35 heavy (non-hydrogen) atoms. The first-order valence-electron chi connectivity index (χ1n) is 11.4. The molecule has 3 heterocycles. The van der Waals surface area contributed by atoms with Crippen molar-refractivity contribution in [1.82, 2.24) is 14.9 Å². The van der Waals surface area contributed by atoms with E-state index < -0.39 is 17.8 Å². The molecule has 0 amide bonds. The zero-order chi connectivity index (χ0) is 25.0. The molecule has 0 aliphatic carbocycles. The molecule has 4 rings (SSSR count). The van der Waals surface area contributed by atoms with Crippen molar-refractivity contribution in [2.75, 3.05) is 49.5 Å². The first-order valence-corrected chi connectivity index (χ1v) is 11.4. The van der Waals surface area contributed by atoms with Gasteiger partial charge < -0.3 is 20.4 Å². The third kappa shape index (κ3) is 8.78. The van der Waals surface area contributed by atoms with Crippen LogP contribution in [0.25, 0.3) is 0 Å². The minimum Gasteiger partial charge on any atom is -0.478 e. The van der Waals surface area contributed by atoms with Gasteiger partial charge in [0.2, 0.25) is 5.95 Å². The average Bonchev–Trinajstić information content (AvgIpc) is 2.86. The molecule has 2 aromatic rings. The minimum atomic E-state index is -1.26. The zero-order valence-electron chi connectivity index (χ0n) is 19.3. The Morgan fingerprint density at radius 1 is 1.03 bits per heavy atom. The molecule has 0 spiro atoms. The summed E-state index contributed by atoms with van der Waals surface area (Å²) in [7, 11) is 0. The van der Waals surface area contributed by atoms with Crippen LogP contribution >= 0.6 is 0 Å². The highest BCUT2D eigenvalue weighted by Crippen LogP contribution is 2.22. The van der Waals surface area contributed by atoms with Gasteiger partial charge in [-0.05, 0) is 24.5 Å². The van der Waals surface area contributed by atoms with Gasteiger partial charge in [-0.1, -0.05) is 18.2 Å². The molecule has 1 saturated heterocycles. The van der Waals surface area contributed by atoms with Crippen LogP contribution in [0.3, 0.4) is 0 Å². The summed E-state index contributed by atoms with van der Waals surface area (Å²) < 4.78 is 12.9. The maximum absolute atomic E-state index is 12.9. The Morgan fingerprint density at radius 3 is 2.34 bits per heavy atom. The summed E-state index contributed by atoms with van der Waals surface area (Å²) in [6.07, 6.45) is 6.68. The molecule has 11 heteroatoms. The van der Waals surface area contributed by atoms with Crippen LogP contribution in [-0.2, 0) is 16.0 Å². The summed E-state index contributed by atoms with van der Waals surface area (Å²) in [5, 5.41) is 19.1. The molecule has 1 aromatic heterocycles. The van der Waals surface area contributed by atoms with Gasteiger partial charge in [-0.3, -0.25) is 9.89 Å². The van der Waals surface area contributed by atoms with E-state index in [2.05, 4.69) is 49.4 Å². The Labute approximate surface area is 202 Å². The highest BCUT2D eigenvalue weighted by molar-refractivity contribution is 5.98. The van der Waals surface area contributed by atoms with Crippen LogP contribution in [-0.4, -0.2) is 82.1 Å². The zero-order valence-corrected chi connectivity index (χ0v) is 19.3. The first-order chi connectivity index (χ1) is 16.9. The maximum atomic E-state index is 12.9. The molecular weight excluding hydrogens is 455 g/mol. The van der Waals surface area contributed by atoms with Crippen molar-refractivity contribution in [3.8, 4) is 0 Å². The lowest BCUT2D eigenvalue weighted by Gasteiger charge is -2.34. The standard InChI is InChI=1S/C20H25FN6.C4H4O4/c21-17-14-23-20(24-15-17)27-12-10-26(11-13-27)9-3-8-22-19-7-6-16-4-1-2-5-18(16)25-19;5-3(6)1-2-4(7)8/h1-2,4-5,14-15H,3,6-13H2,(H,22,25);1-2H,(H,5,6)(H,7,8). The second kappa shape index (κ2) is 13.1. The highest BCUT2D eigenvalue weighted by Gasteiger charge is 2.18. The van der Waals surface area contributed by atoms with Crippen LogP contribution in [0.5, 0.6) is 0 Å². The van der Waals surface area contributed by atoms with Crippen LogP contribution in [0.15, 0.2) is 53.8 Å². The fourth-order valence-corrected chi connectivity index (χ4v) is 3.74. The number of aliphatic imine (C=N–C) groups is 1. The number of carbonyl (C=O) groups is 2. The monoisotopic (exact) mass is 484 g/mol. The molecule has 2 aliphatic heterocycles. The second-order valence-electron chi connectivity index (χ2n) is 8.00. The molecule has 1 aromatic carbocycles. The normalized spacial score (nSPS) is 16.8. The van der Waals surface area contributed by atoms with E-state index in [9.17, 15) is 14.0 Å². The molecule has 0 unspecified atom stereocenters. The van der Waals surface area contributed by atoms with E-state index >= 15 is 0 Å². The number of carboxylic acid groups (broad SMARTS) is 2. The molecule has 0 atom stereocenters. The number of aryl methyl sites for hydroxylation is 1. The van der Waals surface area contributed by atoms with Gasteiger partial charge >= 0.3 is 11.9 Å². The predicted molar refractivity (Wildman–Crippen MR) is 130 cm³/mol. The van der Waals surface area contributed by atoms with E-state index in [1.54, 1.807) is 0 Å². The van der Waals surface area contributed by atoms with E-state index in [1.165, 1.54) is 23.6 Å². The van der Waals surface area contributed by atoms with Gasteiger partial charge in [-0.15, -0.1) is 0 Å². The fraction of sp³-hybridized carbons (Fsp3) is 0.375. The van der Waals surface area contributed by atoms with Gasteiger partial charge in [0.25, 0.3) is 0 Å². The Morgan fingerprint density at radius 2 is 1.69 bits per heavy atom. The van der Waals surface area contributed by atoms with E-state index in [1.807, 2.05) is 0 Å². The lowest BCUT2D eigenvalue weighted by Crippen LogP contribution is -2.47. The lowest BCUT2D eigenvalue weighted by atomic mass is 10.0. The predicted octanol–water partition coefficient (Wildman–Crippen LogP) is 2.30. The summed E-state index contributed by atoms with van der Waals surface area (Å²) in [6, 6.07) is 8.44. The third-order valence-electron chi connectivity index (χ3n) is 5.49. The van der Waals surface area contributed by atoms with Gasteiger partial charge in [-0.2, -0.15) is 0 Å². The summed E-state index contributed by atoms with van der Waals surface area (Å²) in [4.78, 5) is 36.5. The Bertz CT molecular complexity index is 1040. The van der Waals surface area contributed by atoms with Gasteiger partial charge in [0.15, 0.2) is 5.82 Å². The molecule has 3 N–H and O–H groups in total. The summed E-state index contributed by atoms with van der Waals surface area (Å²) >= 11 is 0. The number of amidine groups is 1. The smallest absolute Gasteiger partial charge is 0.328 e. The number of halogens is 1. The van der Waals surface area contributed by atoms with Crippen molar-refractivity contribution in [3.63, 3.8) is 0 Å². The molecule has 10 nitrogen and oxygen atoms in total. The van der Waals surface area contributed by atoms with Crippen molar-refractivity contribution in [1.29, 1.82) is 0 Å². The maximum Gasteiger partial charge on any atom is 0.328 e. The number of hydrogen-bond donors (Lipinski definition) is 3. The van der Waals surface area contributed by atoms with E-state index in [-0.39, 0.29) is 0 Å². The molecule has 186 valence electrons. The molecular formula is C24H29FN6O4. The quantitative estimate of drug-likeness (QED) is 0.400. The Kier molecular flexibility index (Phi) is 9.67. The molecule has 1 fully saturated rings. The summed E-state index contributed by atoms with van der Waals surface area (Å²) in [5.74, 6) is -1.19. The van der Waals surface area contributed by atoms with Gasteiger partial charge in [0.05, 0.1) is 12.4 Å². The van der Waals surface area contributed by atoms with Crippen LogP contribution in [0.1, 0.15) is 18.4 Å². The third-order valence-corrected chi connectivity index (χ3v) is 5.49. The number of piperazine rings is 1. The second-order valence-corrected chi connectivity index (χ2v) is 8.00. The van der Waals surface area contributed by atoms with Crippen molar-refractivity contribution in [2.24, 2.45) is 4.99 Å². The Hall–Kier alpha value is -3.86. The number of hydrogen-bond acceptors (Lipinski definition) is 7. The number of para-hydroxylation sites is 1. The number of carboxylic acids is 2. The number of rotatable bonds is 7. The number of aliphatic carboxylic acids is 2. The van der Waals surface area contributed by atoms with E-state index in [0.29, 0.717) is 18.1 Å². The van der Waals surface area contributed by atoms with Crippen LogP contribution < -0.4 is 10.2 Å². The van der Waals surface area contributed by atoms with Gasteiger partial charge in [0.1, 0.15) is 5.84 Å². The number of nitrogens with zero attached hydrogens (tertiary/aromatic N) is 5. The topological polar surface area (TPSA) is 131 Å². The molecule has 0 saturated carbocycles. The number of nitrogens with one attached hydrogen (secondary N) is 1. The van der Waals surface area contributed by atoms with E-state index in [4.69, 9.17) is 15.2 Å². The van der Waals surface area contributed by atoms with Crippen molar-refractivity contribution >= 4 is 29.4 Å². The van der Waals surface area contributed by atoms with E-state index in [0.717, 1.165) is 64.4 Å². The molecule has 0 bridgehead atoms. The van der Waals surface area contributed by atoms with Crippen LogP contribution in [0, 0.1) is 5.82 Å². The van der Waals surface area contributed by atoms with Gasteiger partial charge in [-0.25, -0.2) is 23.9 Å². The van der Waals surface area contributed by atoms with Crippen LogP contribution in [0.4, 0.5) is 16.0 Å². The first kappa shape index (κ1) is 25.8.